The average molecular weight is 300 g/mol. The van der Waals surface area contributed by atoms with Crippen molar-refractivity contribution in [3.8, 4) is 0 Å². The third kappa shape index (κ3) is 49.2. The fraction of sp³-hybridized carbons (Fsp3) is 0.545. The molecule has 1 saturated heterocycles. The summed E-state index contributed by atoms with van der Waals surface area (Å²) in [7, 11) is 4.35. The summed E-state index contributed by atoms with van der Waals surface area (Å²) >= 11 is 0. The Hall–Kier alpha value is -2.11. The second kappa shape index (κ2) is 56.6. The van der Waals surface area contributed by atoms with Crippen molar-refractivity contribution in [3.63, 3.8) is 0 Å². The SMILES string of the molecule is CN1CCN(C)CC1.[C-]#N.[C-]#N.[C-]#N.[C-]#N.[C-]#N.[Fe+5]. The maximum absolute atomic E-state index is 6.25. The van der Waals surface area contributed by atoms with Crippen LogP contribution < -0.4 is 0 Å². The third-order valence-corrected chi connectivity index (χ3v) is 1.73. The maximum Gasteiger partial charge on any atom is 5.00 e. The molecule has 1 radical (unpaired) electrons. The van der Waals surface area contributed by atoms with Crippen molar-refractivity contribution in [3.05, 3.63) is 32.9 Å². The van der Waals surface area contributed by atoms with Crippen LogP contribution in [0.5, 0.6) is 0 Å². The second-order valence-electron chi connectivity index (χ2n) is 2.61. The molecule has 0 spiro atoms. The van der Waals surface area contributed by atoms with Gasteiger partial charge in [-0.05, 0) is 14.1 Å². The molecule has 0 aromatic heterocycles. The van der Waals surface area contributed by atoms with Crippen molar-refractivity contribution in [2.45, 2.75) is 0 Å². The molecule has 0 aliphatic carbocycles. The number of likely N-dealkylation sites (N-methyl/N-ethyl adjacent to an activating group) is 2. The van der Waals surface area contributed by atoms with Crippen LogP contribution in [-0.4, -0.2) is 50.1 Å². The van der Waals surface area contributed by atoms with Crippen molar-refractivity contribution < 1.29 is 17.1 Å². The number of hydrogen-bond acceptors (Lipinski definition) is 7. The minimum Gasteiger partial charge on any atom is -0.512 e. The van der Waals surface area contributed by atoms with Gasteiger partial charge < -0.3 is 69.0 Å². The van der Waals surface area contributed by atoms with Crippen molar-refractivity contribution in [1.82, 2.24) is 9.80 Å². The van der Waals surface area contributed by atoms with Gasteiger partial charge in [0.1, 0.15) is 0 Å². The molecule has 0 saturated carbocycles. The number of rotatable bonds is 0. The summed E-state index contributed by atoms with van der Waals surface area (Å²) in [4.78, 5) is 4.72. The van der Waals surface area contributed by atoms with Gasteiger partial charge in [-0.25, -0.2) is 0 Å². The molecule has 1 fully saturated rings. The first-order valence-corrected chi connectivity index (χ1v) is 4.28. The van der Waals surface area contributed by atoms with Gasteiger partial charge in [0.05, 0.1) is 0 Å². The smallest absolute Gasteiger partial charge is 0.512 e. The Bertz CT molecular complexity index is 179. The molecular weight excluding hydrogens is 286 g/mol. The zero-order chi connectivity index (χ0) is 16.0. The molecule has 1 heterocycles. The van der Waals surface area contributed by atoms with Gasteiger partial charge in [-0.1, -0.05) is 0 Å². The van der Waals surface area contributed by atoms with Crippen LogP contribution in [0, 0.1) is 59.2 Å². The van der Waals surface area contributed by atoms with Crippen LogP contribution in [0.25, 0.3) is 0 Å². The zero-order valence-corrected chi connectivity index (χ0v) is 11.9. The summed E-state index contributed by atoms with van der Waals surface area (Å²) in [6.07, 6.45) is 0. The molecule has 0 atom stereocenters. The van der Waals surface area contributed by atoms with Crippen LogP contribution in [-0.2, 0) is 17.1 Å². The van der Waals surface area contributed by atoms with Gasteiger partial charge in [0.25, 0.3) is 0 Å². The summed E-state index contributed by atoms with van der Waals surface area (Å²) < 4.78 is 0. The van der Waals surface area contributed by atoms with Gasteiger partial charge >= 0.3 is 17.1 Å². The zero-order valence-electron chi connectivity index (χ0n) is 10.8. The summed E-state index contributed by atoms with van der Waals surface area (Å²) in [6.45, 7) is 28.7. The molecule has 101 valence electrons. The summed E-state index contributed by atoms with van der Waals surface area (Å²) in [5.74, 6) is 0. The second-order valence-corrected chi connectivity index (χ2v) is 2.61. The summed E-state index contributed by atoms with van der Waals surface area (Å²) in [5, 5.41) is 31.2. The van der Waals surface area contributed by atoms with Crippen molar-refractivity contribution in [2.75, 3.05) is 40.3 Å². The molecule has 8 heteroatoms. The maximum atomic E-state index is 6.25. The Morgan fingerprint density at radius 1 is 0.526 bits per heavy atom. The van der Waals surface area contributed by atoms with Gasteiger partial charge in [0, 0.05) is 26.2 Å². The largest absolute Gasteiger partial charge is 5.00 e. The van der Waals surface area contributed by atoms with Gasteiger partial charge in [0.2, 0.25) is 0 Å². The first-order chi connectivity index (χ1) is 8.79. The molecule has 0 bridgehead atoms. The van der Waals surface area contributed by atoms with E-state index in [1.165, 1.54) is 26.2 Å². The van der Waals surface area contributed by atoms with Crippen LogP contribution in [0.1, 0.15) is 0 Å². The quantitative estimate of drug-likeness (QED) is 0.466. The van der Waals surface area contributed by atoms with E-state index in [0.29, 0.717) is 0 Å². The minimum absolute atomic E-state index is 0. The Labute approximate surface area is 126 Å². The molecule has 0 amide bonds. The van der Waals surface area contributed by atoms with E-state index in [1.807, 2.05) is 0 Å². The fourth-order valence-corrected chi connectivity index (χ4v) is 0.906. The molecule has 1 aliphatic heterocycles. The summed E-state index contributed by atoms with van der Waals surface area (Å²) in [5.41, 5.74) is 0. The van der Waals surface area contributed by atoms with E-state index in [1.54, 1.807) is 0 Å². The average Bonchev–Trinajstić information content (AvgIpc) is 2.52. The van der Waals surface area contributed by atoms with E-state index in [-0.39, 0.29) is 17.1 Å². The Kier molecular flexibility index (Phi) is 107. The third-order valence-electron chi connectivity index (χ3n) is 1.73. The fourth-order valence-electron chi connectivity index (χ4n) is 0.906. The molecule has 7 nitrogen and oxygen atoms in total. The van der Waals surface area contributed by atoms with Gasteiger partial charge in [-0.3, -0.25) is 0 Å². The van der Waals surface area contributed by atoms with Crippen LogP contribution in [0.4, 0.5) is 0 Å². The molecular formula is C11H14FeN7. The van der Waals surface area contributed by atoms with E-state index < -0.39 is 0 Å². The number of nitrogens with zero attached hydrogens (tertiary/aromatic N) is 7. The number of piperazine rings is 1. The first kappa shape index (κ1) is 36.0. The minimum atomic E-state index is 0. The van der Waals surface area contributed by atoms with E-state index >= 15 is 0 Å². The van der Waals surface area contributed by atoms with Gasteiger partial charge in [-0.15, -0.1) is 0 Å². The predicted octanol–water partition coefficient (Wildman–Crippen LogP) is 0.343. The van der Waals surface area contributed by atoms with E-state index in [9.17, 15) is 0 Å². The molecule has 19 heavy (non-hydrogen) atoms. The number of hydrogen-bond donors (Lipinski definition) is 0. The van der Waals surface area contributed by atoms with Gasteiger partial charge in [0.15, 0.2) is 0 Å². The Morgan fingerprint density at radius 3 is 0.737 bits per heavy atom. The van der Waals surface area contributed by atoms with E-state index in [2.05, 4.69) is 23.9 Å². The van der Waals surface area contributed by atoms with Crippen molar-refractivity contribution in [2.24, 2.45) is 0 Å². The van der Waals surface area contributed by atoms with Crippen LogP contribution >= 0.6 is 0 Å². The molecule has 1 rings (SSSR count). The Morgan fingerprint density at radius 2 is 0.632 bits per heavy atom. The van der Waals surface area contributed by atoms with Crippen LogP contribution in [0.3, 0.4) is 0 Å². The monoisotopic (exact) mass is 300 g/mol. The molecule has 0 N–H and O–H groups in total. The normalized spacial score (nSPS) is 11.6. The van der Waals surface area contributed by atoms with E-state index in [4.69, 9.17) is 59.2 Å². The first-order valence-electron chi connectivity index (χ1n) is 4.28. The summed E-state index contributed by atoms with van der Waals surface area (Å²) in [6, 6.07) is 0. The predicted molar refractivity (Wildman–Crippen MR) is 59.8 cm³/mol. The molecule has 0 aromatic carbocycles. The Balaban J connectivity index is -0.0000000332. The van der Waals surface area contributed by atoms with Crippen molar-refractivity contribution >= 4 is 0 Å². The molecule has 0 aromatic rings. The van der Waals surface area contributed by atoms with E-state index in [0.717, 1.165) is 0 Å². The molecule has 1 aliphatic rings. The van der Waals surface area contributed by atoms with Crippen molar-refractivity contribution in [1.29, 1.82) is 26.3 Å². The molecule has 0 unspecified atom stereocenters. The van der Waals surface area contributed by atoms with Crippen LogP contribution in [0.2, 0.25) is 0 Å². The standard InChI is InChI=1S/C6H14N2.5CN.Fe/c1-7-3-5-8(2)6-4-7;5*1-2;/h3-6H2,1-2H3;;;;;;/q;5*-1;+5. The van der Waals surface area contributed by atoms with Gasteiger partial charge in [-0.2, -0.15) is 0 Å². The topological polar surface area (TPSA) is 125 Å². The van der Waals surface area contributed by atoms with Crippen LogP contribution in [0.15, 0.2) is 0 Å².